The first-order valence-electron chi connectivity index (χ1n) is 22.8. The van der Waals surface area contributed by atoms with Crippen molar-refractivity contribution in [3.8, 4) is 44.5 Å². The van der Waals surface area contributed by atoms with Crippen LogP contribution in [0.3, 0.4) is 0 Å². The molecule has 0 N–H and O–H groups in total. The number of rotatable bonds is 6. The van der Waals surface area contributed by atoms with E-state index in [1.165, 1.54) is 138 Å². The Hall–Kier alpha value is -6.44. The molecule has 0 aliphatic heterocycles. The Labute approximate surface area is 361 Å². The molecule has 0 atom stereocenters. The number of fused-ring (bicyclic) bond motifs is 12. The third-order valence-corrected chi connectivity index (χ3v) is 14.6. The third kappa shape index (κ3) is 5.59. The smallest absolute Gasteiger partial charge is 0.0726 e. The molecule has 0 aromatic heterocycles. The highest BCUT2D eigenvalue weighted by atomic mass is 15.1. The van der Waals surface area contributed by atoms with Crippen LogP contribution in [0.2, 0.25) is 0 Å². The Morgan fingerprint density at radius 1 is 0.377 bits per heavy atom. The molecule has 61 heavy (non-hydrogen) atoms. The summed E-state index contributed by atoms with van der Waals surface area (Å²) in [6, 6.07) is 65.7. The van der Waals surface area contributed by atoms with E-state index in [1.54, 1.807) is 5.56 Å². The second kappa shape index (κ2) is 14.3. The molecule has 0 fully saturated rings. The van der Waals surface area contributed by atoms with Gasteiger partial charge in [-0.05, 0) is 183 Å². The zero-order valence-electron chi connectivity index (χ0n) is 35.3. The van der Waals surface area contributed by atoms with Crippen LogP contribution in [-0.2, 0) is 31.1 Å². The van der Waals surface area contributed by atoms with Crippen LogP contribution in [-0.4, -0.2) is 0 Å². The molecule has 8 aromatic rings. The fourth-order valence-corrected chi connectivity index (χ4v) is 11.8. The molecule has 12 rings (SSSR count). The summed E-state index contributed by atoms with van der Waals surface area (Å²) in [5.41, 5.74) is 26.8. The van der Waals surface area contributed by atoms with Crippen LogP contribution < -0.4 is 4.90 Å². The van der Waals surface area contributed by atoms with Crippen molar-refractivity contribution in [3.63, 3.8) is 0 Å². The predicted molar refractivity (Wildman–Crippen MR) is 256 cm³/mol. The van der Waals surface area contributed by atoms with Gasteiger partial charge in [0.25, 0.3) is 0 Å². The van der Waals surface area contributed by atoms with Gasteiger partial charge in [0.05, 0.1) is 11.1 Å². The molecule has 0 unspecified atom stereocenters. The molecule has 4 aliphatic carbocycles. The van der Waals surface area contributed by atoms with Crippen molar-refractivity contribution in [3.05, 3.63) is 220 Å². The maximum Gasteiger partial charge on any atom is 0.0726 e. The quantitative estimate of drug-likeness (QED) is 0.162. The lowest BCUT2D eigenvalue weighted by molar-refractivity contribution is 0.683. The Kier molecular flexibility index (Phi) is 8.56. The average molecular weight is 786 g/mol. The fourth-order valence-electron chi connectivity index (χ4n) is 11.8. The minimum absolute atomic E-state index is 0.373. The first-order chi connectivity index (χ1) is 30.1. The van der Waals surface area contributed by atoms with E-state index in [1.807, 2.05) is 0 Å². The second-order valence-corrected chi connectivity index (χ2v) is 18.3. The van der Waals surface area contributed by atoms with Crippen LogP contribution in [0.15, 0.2) is 170 Å². The molecule has 1 spiro atoms. The van der Waals surface area contributed by atoms with Crippen molar-refractivity contribution < 1.29 is 0 Å². The molecule has 4 aliphatic rings. The van der Waals surface area contributed by atoms with Crippen molar-refractivity contribution in [2.24, 2.45) is 0 Å². The molecule has 1 nitrogen and oxygen atoms in total. The van der Waals surface area contributed by atoms with Gasteiger partial charge in [-0.2, -0.15) is 0 Å². The summed E-state index contributed by atoms with van der Waals surface area (Å²) in [6.45, 7) is 4.78. The van der Waals surface area contributed by atoms with Crippen molar-refractivity contribution in [1.82, 2.24) is 0 Å². The van der Waals surface area contributed by atoms with E-state index in [4.69, 9.17) is 0 Å². The van der Waals surface area contributed by atoms with Gasteiger partial charge in [0, 0.05) is 16.9 Å². The van der Waals surface area contributed by atoms with Gasteiger partial charge in [-0.3, -0.25) is 0 Å². The first kappa shape index (κ1) is 36.4. The maximum absolute atomic E-state index is 2.64. The van der Waals surface area contributed by atoms with Crippen molar-refractivity contribution in [2.45, 2.75) is 76.5 Å². The molecule has 0 radical (unpaired) electrons. The van der Waals surface area contributed by atoms with Crippen LogP contribution in [0.25, 0.3) is 44.5 Å². The summed E-state index contributed by atoms with van der Waals surface area (Å²) in [4.78, 5) is 2.62. The van der Waals surface area contributed by atoms with Gasteiger partial charge < -0.3 is 4.90 Å². The van der Waals surface area contributed by atoms with Gasteiger partial charge in [-0.15, -0.1) is 0 Å². The molecule has 8 aromatic carbocycles. The van der Waals surface area contributed by atoms with Gasteiger partial charge in [-0.25, -0.2) is 0 Å². The lowest BCUT2D eigenvalue weighted by Crippen LogP contribution is -2.26. The topological polar surface area (TPSA) is 3.24 Å². The van der Waals surface area contributed by atoms with E-state index in [-0.39, 0.29) is 0 Å². The van der Waals surface area contributed by atoms with E-state index in [9.17, 15) is 0 Å². The van der Waals surface area contributed by atoms with Crippen molar-refractivity contribution >= 4 is 17.1 Å². The predicted octanol–water partition coefficient (Wildman–Crippen LogP) is 15.7. The second-order valence-electron chi connectivity index (χ2n) is 18.3. The summed E-state index contributed by atoms with van der Waals surface area (Å²) in [5.74, 6) is 0.373. The van der Waals surface area contributed by atoms with Gasteiger partial charge in [0.15, 0.2) is 0 Å². The zero-order chi connectivity index (χ0) is 40.7. The Balaban J connectivity index is 1.20. The van der Waals surface area contributed by atoms with Gasteiger partial charge in [0.2, 0.25) is 0 Å². The van der Waals surface area contributed by atoms with Gasteiger partial charge in [0.1, 0.15) is 0 Å². The lowest BCUT2D eigenvalue weighted by Gasteiger charge is -2.34. The molecule has 0 bridgehead atoms. The highest BCUT2D eigenvalue weighted by molar-refractivity contribution is 6.00. The molecule has 296 valence electrons. The van der Waals surface area contributed by atoms with E-state index in [0.29, 0.717) is 5.92 Å². The number of hydrogen-bond donors (Lipinski definition) is 0. The molecule has 0 amide bonds. The Morgan fingerprint density at radius 2 is 0.885 bits per heavy atom. The molecular formula is C60H51N. The molecule has 0 saturated heterocycles. The van der Waals surface area contributed by atoms with Crippen LogP contribution in [0.4, 0.5) is 17.1 Å². The summed E-state index contributed by atoms with van der Waals surface area (Å²) in [7, 11) is 0. The summed E-state index contributed by atoms with van der Waals surface area (Å²) < 4.78 is 0. The highest BCUT2D eigenvalue weighted by Gasteiger charge is 2.52. The normalized spacial score (nSPS) is 15.1. The SMILES string of the molecule is CC(C)c1cc2c(cc1-c1cc3c(cc1N(c1ccc(-c4ccccc4)cc1)c1ccc4c(c1)CCCC4)C1(c4ccccc4-c4ccccc41)c1ccccc1-3)CCCC2. The lowest BCUT2D eigenvalue weighted by atomic mass is 9.70. The van der Waals surface area contributed by atoms with Crippen LogP contribution >= 0.6 is 0 Å². The minimum Gasteiger partial charge on any atom is -0.310 e. The highest BCUT2D eigenvalue weighted by Crippen LogP contribution is 2.64. The number of nitrogens with zero attached hydrogens (tertiary/aromatic N) is 1. The Morgan fingerprint density at radius 3 is 1.51 bits per heavy atom. The summed E-state index contributed by atoms with van der Waals surface area (Å²) >= 11 is 0. The summed E-state index contributed by atoms with van der Waals surface area (Å²) in [6.07, 6.45) is 9.68. The molecular weight excluding hydrogens is 735 g/mol. The maximum atomic E-state index is 2.64. The summed E-state index contributed by atoms with van der Waals surface area (Å²) in [5, 5.41) is 0. The monoisotopic (exact) mass is 785 g/mol. The number of benzene rings is 8. The average Bonchev–Trinajstić information content (AvgIpc) is 3.78. The van der Waals surface area contributed by atoms with E-state index in [2.05, 4.69) is 189 Å². The third-order valence-electron chi connectivity index (χ3n) is 14.6. The number of anilines is 3. The van der Waals surface area contributed by atoms with Crippen molar-refractivity contribution in [2.75, 3.05) is 4.90 Å². The van der Waals surface area contributed by atoms with Crippen LogP contribution in [0.1, 0.15) is 95.5 Å². The van der Waals surface area contributed by atoms with E-state index >= 15 is 0 Å². The minimum atomic E-state index is -0.443. The van der Waals surface area contributed by atoms with Crippen LogP contribution in [0, 0.1) is 0 Å². The molecule has 0 heterocycles. The number of hydrogen-bond acceptors (Lipinski definition) is 1. The molecule has 0 saturated carbocycles. The standard InChI is InChI=1S/C60H51N/c1-39(2)51-35-44-20-8-9-21-45(44)36-52(51)54-37-53-50-24-12-15-27-57(50)60(55-25-13-10-22-48(55)49-23-11-14-26-56(49)60)58(53)38-59(54)61(47-33-30-41-18-6-7-19-43(41)34-47)46-31-28-42(29-32-46)40-16-4-3-5-17-40/h3-5,10-17,22-39H,6-9,18-21H2,1-2H3. The van der Waals surface area contributed by atoms with Crippen molar-refractivity contribution in [1.29, 1.82) is 0 Å². The fraction of sp³-hybridized carbons (Fsp3) is 0.200. The van der Waals surface area contributed by atoms with Crippen LogP contribution in [0.5, 0.6) is 0 Å². The largest absolute Gasteiger partial charge is 0.310 e. The first-order valence-corrected chi connectivity index (χ1v) is 22.8. The zero-order valence-corrected chi connectivity index (χ0v) is 35.3. The molecule has 1 heteroatoms. The van der Waals surface area contributed by atoms with E-state index in [0.717, 1.165) is 19.3 Å². The van der Waals surface area contributed by atoms with E-state index < -0.39 is 5.41 Å². The van der Waals surface area contributed by atoms with Gasteiger partial charge in [-0.1, -0.05) is 147 Å². The van der Waals surface area contributed by atoms with Gasteiger partial charge >= 0.3 is 0 Å². The Bertz CT molecular complexity index is 2960. The number of aryl methyl sites for hydroxylation is 4.